The van der Waals surface area contributed by atoms with Crippen LogP contribution in [0.2, 0.25) is 0 Å². The van der Waals surface area contributed by atoms with Crippen molar-refractivity contribution in [3.63, 3.8) is 0 Å². The van der Waals surface area contributed by atoms with E-state index in [9.17, 15) is 0 Å². The summed E-state index contributed by atoms with van der Waals surface area (Å²) in [6.07, 6.45) is 0. The minimum atomic E-state index is -0.833. The molecule has 0 amide bonds. The molecule has 0 aromatic carbocycles. The van der Waals surface area contributed by atoms with Crippen LogP contribution >= 0.6 is 0 Å². The lowest BCUT2D eigenvalue weighted by Gasteiger charge is -1.72. The molecule has 0 saturated carbocycles. The van der Waals surface area contributed by atoms with Gasteiger partial charge in [-0.15, -0.1) is 0 Å². The molecule has 1 aromatic heterocycles. The lowest BCUT2D eigenvalue weighted by atomic mass is 10.9. The van der Waals surface area contributed by atoms with Crippen molar-refractivity contribution in [1.29, 1.82) is 5.41 Å². The molecule has 0 unspecified atom stereocenters. The second-order valence-electron chi connectivity index (χ2n) is 1.38. The number of nitrogens with one attached hydrogen (secondary N) is 2. The SMILES string of the molecule is CC(=O)O.N=C(N)n1[nH]o1. The highest BCUT2D eigenvalue weighted by Gasteiger charge is 1.96. The maximum atomic E-state index is 9.00. The van der Waals surface area contributed by atoms with Gasteiger partial charge >= 0.3 is 0 Å². The number of nitrogen functional groups attached to an aromatic ring is 1. The van der Waals surface area contributed by atoms with E-state index in [0.29, 0.717) is 0 Å². The van der Waals surface area contributed by atoms with Gasteiger partial charge in [-0.25, -0.2) is 4.63 Å². The van der Waals surface area contributed by atoms with Crippen LogP contribution in [0.5, 0.6) is 0 Å². The number of carbonyl (C=O) groups is 1. The summed E-state index contributed by atoms with van der Waals surface area (Å²) in [5.74, 6) is -0.963. The highest BCUT2D eigenvalue weighted by Crippen LogP contribution is 1.75. The Morgan fingerprint density at radius 2 is 2.20 bits per heavy atom. The van der Waals surface area contributed by atoms with Gasteiger partial charge < -0.3 is 10.8 Å². The van der Waals surface area contributed by atoms with Crippen molar-refractivity contribution >= 4 is 11.9 Å². The van der Waals surface area contributed by atoms with E-state index in [1.807, 2.05) is 0 Å². The van der Waals surface area contributed by atoms with Gasteiger partial charge in [0.25, 0.3) is 11.9 Å². The van der Waals surface area contributed by atoms with Crippen molar-refractivity contribution in [2.24, 2.45) is 5.73 Å². The molecule has 0 saturated heterocycles. The van der Waals surface area contributed by atoms with Crippen LogP contribution in [-0.4, -0.2) is 27.2 Å². The normalized spacial score (nSPS) is 8.10. The predicted molar refractivity (Wildman–Crippen MR) is 31.7 cm³/mol. The van der Waals surface area contributed by atoms with Crippen LogP contribution in [0, 0.1) is 5.41 Å². The Kier molecular flexibility index (Phi) is 2.82. The van der Waals surface area contributed by atoms with Gasteiger partial charge in [-0.2, -0.15) is 0 Å². The summed E-state index contributed by atoms with van der Waals surface area (Å²) < 4.78 is 4.20. The zero-order chi connectivity index (χ0) is 8.15. The first-order valence-electron chi connectivity index (χ1n) is 2.30. The van der Waals surface area contributed by atoms with E-state index in [-0.39, 0.29) is 5.96 Å². The first kappa shape index (κ1) is 8.34. The molecule has 0 aliphatic rings. The molecule has 7 heteroatoms. The summed E-state index contributed by atoms with van der Waals surface area (Å²) in [6, 6.07) is 0. The molecule has 0 atom stereocenters. The Morgan fingerprint density at radius 3 is 2.20 bits per heavy atom. The second-order valence-corrected chi connectivity index (χ2v) is 1.38. The van der Waals surface area contributed by atoms with Gasteiger partial charge in [0.1, 0.15) is 0 Å². The van der Waals surface area contributed by atoms with Crippen LogP contribution in [0.15, 0.2) is 4.63 Å². The first-order chi connectivity index (χ1) is 4.54. The number of nitrogens with zero attached hydrogens (tertiary/aromatic N) is 1. The molecule has 0 fully saturated rings. The van der Waals surface area contributed by atoms with E-state index >= 15 is 0 Å². The molecule has 0 aliphatic heterocycles. The Labute approximate surface area is 55.8 Å². The summed E-state index contributed by atoms with van der Waals surface area (Å²) in [5, 5.41) is 16.2. The van der Waals surface area contributed by atoms with Gasteiger partial charge in [0, 0.05) is 6.92 Å². The number of aromatic nitrogens is 2. The molecule has 0 spiro atoms. The fourth-order valence-corrected chi connectivity index (χ4v) is 0.119. The molecule has 7 nitrogen and oxygen atoms in total. The largest absolute Gasteiger partial charge is 0.481 e. The minimum absolute atomic E-state index is 0.130. The van der Waals surface area contributed by atoms with E-state index < -0.39 is 5.97 Å². The van der Waals surface area contributed by atoms with Crippen LogP contribution in [-0.2, 0) is 4.79 Å². The van der Waals surface area contributed by atoms with Gasteiger partial charge in [0.15, 0.2) is 0 Å². The average Bonchev–Trinajstić information content (AvgIpc) is 2.38. The van der Waals surface area contributed by atoms with Crippen molar-refractivity contribution in [2.45, 2.75) is 6.92 Å². The van der Waals surface area contributed by atoms with Crippen LogP contribution in [0.1, 0.15) is 6.92 Å². The molecular weight excluding hydrogens is 140 g/mol. The third-order valence-electron chi connectivity index (χ3n) is 0.401. The van der Waals surface area contributed by atoms with Crippen molar-refractivity contribution in [2.75, 3.05) is 0 Å². The maximum absolute atomic E-state index is 9.00. The molecule has 5 N–H and O–H groups in total. The summed E-state index contributed by atoms with van der Waals surface area (Å²) in [5.41, 5.74) is 4.82. The van der Waals surface area contributed by atoms with Crippen molar-refractivity contribution in [3.05, 3.63) is 0 Å². The molecule has 1 heterocycles. The molecule has 58 valence electrons. The molecule has 1 rings (SSSR count). The predicted octanol–water partition coefficient (Wildman–Crippen LogP) is -0.758. The van der Waals surface area contributed by atoms with E-state index in [1.54, 1.807) is 0 Å². The number of carboxylic acids is 1. The number of rotatable bonds is 0. The topological polar surface area (TPSA) is 121 Å². The molecular formula is C3H8N4O3. The zero-order valence-corrected chi connectivity index (χ0v) is 5.29. The number of nitrogens with two attached hydrogens (primary N) is 1. The van der Waals surface area contributed by atoms with Crippen LogP contribution in [0.25, 0.3) is 0 Å². The molecule has 0 aliphatic carbocycles. The lowest BCUT2D eigenvalue weighted by Crippen LogP contribution is -2.14. The quantitative estimate of drug-likeness (QED) is 0.285. The standard InChI is InChI=1S/C2H4O2.CH4N4O/c1-2(3)4;2-1(3)5-4-6-5/h1H3,(H,3,4);4H,(H3,2,3). The number of carboxylic acid groups (broad SMARTS) is 1. The fourth-order valence-electron chi connectivity index (χ4n) is 0.119. The third kappa shape index (κ3) is 6.34. The van der Waals surface area contributed by atoms with Gasteiger partial charge in [0.05, 0.1) is 0 Å². The van der Waals surface area contributed by atoms with Crippen molar-refractivity contribution in [1.82, 2.24) is 10.1 Å². The maximum Gasteiger partial charge on any atom is 0.300 e. The Hall–Kier alpha value is -1.66. The fraction of sp³-hybridized carbons (Fsp3) is 0.333. The Morgan fingerprint density at radius 1 is 1.90 bits per heavy atom. The van der Waals surface area contributed by atoms with E-state index in [1.165, 1.54) is 0 Å². The molecule has 0 bridgehead atoms. The second kappa shape index (κ2) is 3.38. The van der Waals surface area contributed by atoms with Crippen LogP contribution < -0.4 is 5.73 Å². The Balaban J connectivity index is 0.000000180. The van der Waals surface area contributed by atoms with E-state index in [0.717, 1.165) is 11.8 Å². The van der Waals surface area contributed by atoms with E-state index in [2.05, 4.69) is 9.90 Å². The first-order valence-corrected chi connectivity index (χ1v) is 2.30. The summed E-state index contributed by atoms with van der Waals surface area (Å²) in [7, 11) is 0. The summed E-state index contributed by atoms with van der Waals surface area (Å²) >= 11 is 0. The number of H-pyrrole nitrogens is 1. The number of hydrogen-bond acceptors (Lipinski definition) is 3. The minimum Gasteiger partial charge on any atom is -0.481 e. The third-order valence-corrected chi connectivity index (χ3v) is 0.401. The summed E-state index contributed by atoms with van der Waals surface area (Å²) in [6.45, 7) is 1.08. The smallest absolute Gasteiger partial charge is 0.300 e. The number of hydrogen-bond donors (Lipinski definition) is 4. The van der Waals surface area contributed by atoms with Gasteiger partial charge in [0.2, 0.25) is 0 Å². The molecule has 10 heavy (non-hydrogen) atoms. The van der Waals surface area contributed by atoms with Gasteiger partial charge in [-0.05, 0) is 4.85 Å². The van der Waals surface area contributed by atoms with E-state index in [4.69, 9.17) is 21.0 Å². The number of aromatic amines is 1. The van der Waals surface area contributed by atoms with Gasteiger partial charge in [-0.1, -0.05) is 5.27 Å². The average molecular weight is 148 g/mol. The molecule has 1 aromatic rings. The zero-order valence-electron chi connectivity index (χ0n) is 5.29. The monoisotopic (exact) mass is 148 g/mol. The highest BCUT2D eigenvalue weighted by molar-refractivity contribution is 5.74. The number of aliphatic carboxylic acids is 1. The van der Waals surface area contributed by atoms with Crippen LogP contribution in [0.3, 0.4) is 0 Å². The Bertz CT molecular complexity index is 194. The van der Waals surface area contributed by atoms with Crippen molar-refractivity contribution < 1.29 is 14.5 Å². The highest BCUT2D eigenvalue weighted by atomic mass is 16.7. The summed E-state index contributed by atoms with van der Waals surface area (Å²) in [4.78, 5) is 10.0. The lowest BCUT2D eigenvalue weighted by molar-refractivity contribution is -0.134. The van der Waals surface area contributed by atoms with Crippen LogP contribution in [0.4, 0.5) is 0 Å². The van der Waals surface area contributed by atoms with Crippen molar-refractivity contribution in [3.8, 4) is 0 Å². The molecule has 0 radical (unpaired) electrons. The van der Waals surface area contributed by atoms with Gasteiger partial charge in [-0.3, -0.25) is 10.2 Å².